The van der Waals surface area contributed by atoms with Crippen molar-refractivity contribution in [2.24, 2.45) is 0 Å². The molecule has 0 unspecified atom stereocenters. The summed E-state index contributed by atoms with van der Waals surface area (Å²) in [5, 5.41) is 18.1. The third-order valence-corrected chi connectivity index (χ3v) is 4.49. The Hall–Kier alpha value is -1.66. The van der Waals surface area contributed by atoms with Gasteiger partial charge in [0.15, 0.2) is 0 Å². The summed E-state index contributed by atoms with van der Waals surface area (Å²) in [6.07, 6.45) is 3.51. The fraction of sp³-hybridized carbons (Fsp3) is 0.429. The zero-order valence-corrected chi connectivity index (χ0v) is 12.0. The van der Waals surface area contributed by atoms with Crippen LogP contribution in [-0.2, 0) is 4.79 Å². The Morgan fingerprint density at radius 1 is 1.40 bits per heavy atom. The second kappa shape index (κ2) is 6.19. The van der Waals surface area contributed by atoms with Crippen molar-refractivity contribution in [2.75, 3.05) is 13.1 Å². The molecule has 5 nitrogen and oxygen atoms in total. The van der Waals surface area contributed by atoms with E-state index in [1.807, 2.05) is 6.92 Å². The topological polar surface area (TPSA) is 77.8 Å². The van der Waals surface area contributed by atoms with Gasteiger partial charge in [0.2, 0.25) is 0 Å². The van der Waals surface area contributed by atoms with Crippen LogP contribution in [0.4, 0.5) is 0 Å². The molecule has 1 saturated heterocycles. The summed E-state index contributed by atoms with van der Waals surface area (Å²) in [5.74, 6) is -1.05. The van der Waals surface area contributed by atoms with E-state index in [0.717, 1.165) is 16.5 Å². The van der Waals surface area contributed by atoms with Gasteiger partial charge in [0.05, 0.1) is 11.0 Å². The van der Waals surface area contributed by atoms with E-state index in [1.54, 1.807) is 11.0 Å². The monoisotopic (exact) mass is 295 g/mol. The highest BCUT2D eigenvalue weighted by molar-refractivity contribution is 7.15. The lowest BCUT2D eigenvalue weighted by molar-refractivity contribution is -0.131. The summed E-state index contributed by atoms with van der Waals surface area (Å²) < 4.78 is 0. The number of thiophene rings is 1. The van der Waals surface area contributed by atoms with Gasteiger partial charge in [0.1, 0.15) is 0 Å². The Bertz CT molecular complexity index is 541. The average molecular weight is 295 g/mol. The molecule has 1 aromatic heterocycles. The lowest BCUT2D eigenvalue weighted by Crippen LogP contribution is -2.39. The number of aryl methyl sites for hydroxylation is 1. The molecule has 1 aromatic rings. The Balaban J connectivity index is 2.11. The molecule has 0 saturated carbocycles. The normalized spacial score (nSPS) is 16.8. The van der Waals surface area contributed by atoms with E-state index in [1.165, 1.54) is 17.4 Å². The van der Waals surface area contributed by atoms with Gasteiger partial charge in [-0.1, -0.05) is 0 Å². The van der Waals surface area contributed by atoms with E-state index in [9.17, 15) is 14.7 Å². The van der Waals surface area contributed by atoms with Crippen molar-refractivity contribution in [3.8, 4) is 0 Å². The highest BCUT2D eigenvalue weighted by atomic mass is 32.1. The van der Waals surface area contributed by atoms with E-state index >= 15 is 0 Å². The van der Waals surface area contributed by atoms with Gasteiger partial charge in [0.25, 0.3) is 5.91 Å². The number of likely N-dealkylation sites (tertiary alicyclic amines) is 1. The van der Waals surface area contributed by atoms with Crippen LogP contribution in [0.3, 0.4) is 0 Å². The van der Waals surface area contributed by atoms with Crippen molar-refractivity contribution in [3.63, 3.8) is 0 Å². The number of carboxylic acid groups (broad SMARTS) is 1. The molecule has 0 bridgehead atoms. The van der Waals surface area contributed by atoms with Gasteiger partial charge in [-0.2, -0.15) is 0 Å². The quantitative estimate of drug-likeness (QED) is 0.833. The first-order valence-electron chi connectivity index (χ1n) is 6.46. The van der Waals surface area contributed by atoms with Crippen molar-refractivity contribution in [1.82, 2.24) is 4.90 Å². The zero-order chi connectivity index (χ0) is 14.7. The van der Waals surface area contributed by atoms with E-state index in [0.29, 0.717) is 30.8 Å². The van der Waals surface area contributed by atoms with Gasteiger partial charge in [-0.05, 0) is 37.5 Å². The number of rotatable bonds is 3. The number of aliphatic carboxylic acids is 1. The van der Waals surface area contributed by atoms with Crippen molar-refractivity contribution in [2.45, 2.75) is 25.9 Å². The lowest BCUT2D eigenvalue weighted by atomic mass is 10.1. The van der Waals surface area contributed by atoms with Gasteiger partial charge in [-0.15, -0.1) is 11.3 Å². The SMILES string of the molecule is Cc1cc(C(=O)N2CCC(O)CC2)sc1/C=C/C(=O)O. The first-order chi connectivity index (χ1) is 9.47. The van der Waals surface area contributed by atoms with Crippen molar-refractivity contribution >= 4 is 29.3 Å². The van der Waals surface area contributed by atoms with Crippen LogP contribution in [-0.4, -0.2) is 46.2 Å². The van der Waals surface area contributed by atoms with Crippen LogP contribution in [0.25, 0.3) is 6.08 Å². The van der Waals surface area contributed by atoms with Crippen molar-refractivity contribution in [3.05, 3.63) is 27.5 Å². The minimum atomic E-state index is -1.00. The Labute approximate surface area is 121 Å². The molecule has 0 radical (unpaired) electrons. The number of amides is 1. The summed E-state index contributed by atoms with van der Waals surface area (Å²) >= 11 is 1.30. The van der Waals surface area contributed by atoms with Gasteiger partial charge in [-0.25, -0.2) is 4.79 Å². The lowest BCUT2D eigenvalue weighted by Gasteiger charge is -2.29. The number of hydrogen-bond donors (Lipinski definition) is 2. The summed E-state index contributed by atoms with van der Waals surface area (Å²) in [5.41, 5.74) is 0.896. The van der Waals surface area contributed by atoms with Crippen LogP contribution in [0.15, 0.2) is 12.1 Å². The molecule has 1 fully saturated rings. The predicted molar refractivity (Wildman–Crippen MR) is 76.9 cm³/mol. The zero-order valence-electron chi connectivity index (χ0n) is 11.2. The first kappa shape index (κ1) is 14.7. The minimum absolute atomic E-state index is 0.0417. The third-order valence-electron chi connectivity index (χ3n) is 3.30. The maximum Gasteiger partial charge on any atom is 0.328 e. The molecule has 2 N–H and O–H groups in total. The van der Waals surface area contributed by atoms with Crippen LogP contribution >= 0.6 is 11.3 Å². The van der Waals surface area contributed by atoms with Crippen molar-refractivity contribution in [1.29, 1.82) is 0 Å². The number of aliphatic hydroxyl groups is 1. The number of carbonyl (C=O) groups excluding carboxylic acids is 1. The maximum atomic E-state index is 12.3. The van der Waals surface area contributed by atoms with E-state index in [4.69, 9.17) is 5.11 Å². The Morgan fingerprint density at radius 3 is 2.65 bits per heavy atom. The number of carbonyl (C=O) groups is 2. The Kier molecular flexibility index (Phi) is 4.57. The molecular weight excluding hydrogens is 278 g/mol. The molecule has 108 valence electrons. The van der Waals surface area contributed by atoms with E-state index in [2.05, 4.69) is 0 Å². The Morgan fingerprint density at radius 2 is 2.05 bits per heavy atom. The molecule has 20 heavy (non-hydrogen) atoms. The highest BCUT2D eigenvalue weighted by Gasteiger charge is 2.23. The molecule has 0 aromatic carbocycles. The fourth-order valence-electron chi connectivity index (χ4n) is 2.14. The fourth-order valence-corrected chi connectivity index (χ4v) is 3.18. The predicted octanol–water partition coefficient (Wildman–Crippen LogP) is 1.75. The molecule has 1 aliphatic heterocycles. The molecule has 1 amide bonds. The van der Waals surface area contributed by atoms with Crippen LogP contribution in [0, 0.1) is 6.92 Å². The molecule has 2 heterocycles. The number of carboxylic acids is 1. The third kappa shape index (κ3) is 3.46. The smallest absolute Gasteiger partial charge is 0.328 e. The van der Waals surface area contributed by atoms with Crippen LogP contribution < -0.4 is 0 Å². The molecule has 6 heteroatoms. The van der Waals surface area contributed by atoms with Gasteiger partial charge in [-0.3, -0.25) is 4.79 Å². The largest absolute Gasteiger partial charge is 0.478 e. The maximum absolute atomic E-state index is 12.3. The number of piperidine rings is 1. The number of hydrogen-bond acceptors (Lipinski definition) is 4. The molecule has 1 aliphatic rings. The standard InChI is InChI=1S/C14H17NO4S/c1-9-8-12(20-11(9)2-3-13(17)18)14(19)15-6-4-10(16)5-7-15/h2-3,8,10,16H,4-7H2,1H3,(H,17,18)/b3-2+. The second-order valence-corrected chi connectivity index (χ2v) is 5.94. The summed E-state index contributed by atoms with van der Waals surface area (Å²) in [4.78, 5) is 26.0. The average Bonchev–Trinajstić information content (AvgIpc) is 2.78. The number of aliphatic hydroxyl groups excluding tert-OH is 1. The molecule has 0 atom stereocenters. The highest BCUT2D eigenvalue weighted by Crippen LogP contribution is 2.25. The molecule has 0 spiro atoms. The second-order valence-electron chi connectivity index (χ2n) is 4.85. The number of nitrogens with zero attached hydrogens (tertiary/aromatic N) is 1. The van der Waals surface area contributed by atoms with Crippen LogP contribution in [0.1, 0.15) is 33.0 Å². The van der Waals surface area contributed by atoms with Gasteiger partial charge >= 0.3 is 5.97 Å². The summed E-state index contributed by atoms with van der Waals surface area (Å²) in [6.45, 7) is 2.99. The van der Waals surface area contributed by atoms with Gasteiger partial charge in [0, 0.05) is 24.0 Å². The van der Waals surface area contributed by atoms with E-state index < -0.39 is 5.97 Å². The summed E-state index contributed by atoms with van der Waals surface area (Å²) in [6, 6.07) is 1.79. The molecule has 0 aliphatic carbocycles. The van der Waals surface area contributed by atoms with Crippen LogP contribution in [0.2, 0.25) is 0 Å². The molecule has 2 rings (SSSR count). The van der Waals surface area contributed by atoms with Crippen molar-refractivity contribution < 1.29 is 19.8 Å². The van der Waals surface area contributed by atoms with Crippen LogP contribution in [0.5, 0.6) is 0 Å². The minimum Gasteiger partial charge on any atom is -0.478 e. The summed E-state index contributed by atoms with van der Waals surface area (Å²) in [7, 11) is 0. The molecular formula is C14H17NO4S. The van der Waals surface area contributed by atoms with E-state index in [-0.39, 0.29) is 12.0 Å². The first-order valence-corrected chi connectivity index (χ1v) is 7.28. The van der Waals surface area contributed by atoms with Gasteiger partial charge < -0.3 is 15.1 Å².